The predicted octanol–water partition coefficient (Wildman–Crippen LogP) is 2.37. The standard InChI is InChI=1S/C14H20N2O/c1-10(16-11(2)14(3,4)17)13-7-5-12(9-15)6-8-13/h5-8,10-11,16-17H,1-4H3. The van der Waals surface area contributed by atoms with Gasteiger partial charge in [-0.15, -0.1) is 0 Å². The van der Waals surface area contributed by atoms with E-state index < -0.39 is 5.60 Å². The third-order valence-electron chi connectivity index (χ3n) is 3.10. The first-order valence-corrected chi connectivity index (χ1v) is 5.83. The van der Waals surface area contributed by atoms with Crippen molar-refractivity contribution in [1.29, 1.82) is 5.26 Å². The maximum atomic E-state index is 9.86. The average Bonchev–Trinajstić information content (AvgIpc) is 2.27. The van der Waals surface area contributed by atoms with Gasteiger partial charge in [0.1, 0.15) is 0 Å². The largest absolute Gasteiger partial charge is 0.389 e. The van der Waals surface area contributed by atoms with E-state index in [1.165, 1.54) is 0 Å². The van der Waals surface area contributed by atoms with Crippen LogP contribution in [0.3, 0.4) is 0 Å². The predicted molar refractivity (Wildman–Crippen MR) is 68.5 cm³/mol. The van der Waals surface area contributed by atoms with Crippen LogP contribution in [0.2, 0.25) is 0 Å². The lowest BCUT2D eigenvalue weighted by atomic mass is 9.98. The van der Waals surface area contributed by atoms with E-state index in [0.717, 1.165) is 5.56 Å². The molecule has 0 fully saturated rings. The first-order chi connectivity index (χ1) is 7.84. The zero-order chi connectivity index (χ0) is 13.1. The van der Waals surface area contributed by atoms with Gasteiger partial charge in [-0.3, -0.25) is 0 Å². The molecule has 1 rings (SSSR count). The highest BCUT2D eigenvalue weighted by molar-refractivity contribution is 5.32. The number of benzene rings is 1. The van der Waals surface area contributed by atoms with Crippen LogP contribution >= 0.6 is 0 Å². The smallest absolute Gasteiger partial charge is 0.0991 e. The Bertz CT molecular complexity index is 398. The lowest BCUT2D eigenvalue weighted by molar-refractivity contribution is 0.0405. The Morgan fingerprint density at radius 3 is 2.18 bits per heavy atom. The molecule has 0 aliphatic heterocycles. The van der Waals surface area contributed by atoms with Crippen molar-refractivity contribution in [2.24, 2.45) is 0 Å². The quantitative estimate of drug-likeness (QED) is 0.838. The van der Waals surface area contributed by atoms with Crippen LogP contribution in [0.5, 0.6) is 0 Å². The van der Waals surface area contributed by atoms with Crippen LogP contribution in [0.15, 0.2) is 24.3 Å². The molecule has 2 unspecified atom stereocenters. The number of aliphatic hydroxyl groups is 1. The number of nitrogens with one attached hydrogen (secondary N) is 1. The molecule has 0 spiro atoms. The van der Waals surface area contributed by atoms with E-state index in [1.54, 1.807) is 13.8 Å². The van der Waals surface area contributed by atoms with Crippen LogP contribution in [0.4, 0.5) is 0 Å². The van der Waals surface area contributed by atoms with Crippen LogP contribution < -0.4 is 5.32 Å². The summed E-state index contributed by atoms with van der Waals surface area (Å²) in [7, 11) is 0. The van der Waals surface area contributed by atoms with Gasteiger partial charge in [0, 0.05) is 12.1 Å². The lowest BCUT2D eigenvalue weighted by Crippen LogP contribution is -2.45. The molecule has 3 nitrogen and oxygen atoms in total. The Hall–Kier alpha value is -1.37. The summed E-state index contributed by atoms with van der Waals surface area (Å²) in [5, 5.41) is 21.9. The summed E-state index contributed by atoms with van der Waals surface area (Å²) < 4.78 is 0. The molecule has 0 aliphatic carbocycles. The van der Waals surface area contributed by atoms with Crippen molar-refractivity contribution in [3.05, 3.63) is 35.4 Å². The van der Waals surface area contributed by atoms with Gasteiger partial charge in [-0.2, -0.15) is 5.26 Å². The fourth-order valence-corrected chi connectivity index (χ4v) is 1.52. The number of nitrogens with zero attached hydrogens (tertiary/aromatic N) is 1. The molecule has 17 heavy (non-hydrogen) atoms. The monoisotopic (exact) mass is 232 g/mol. The van der Waals surface area contributed by atoms with Crippen LogP contribution in [-0.4, -0.2) is 16.7 Å². The summed E-state index contributed by atoms with van der Waals surface area (Å²) in [6.07, 6.45) is 0. The second kappa shape index (κ2) is 5.31. The van der Waals surface area contributed by atoms with Crippen molar-refractivity contribution in [1.82, 2.24) is 5.32 Å². The zero-order valence-electron chi connectivity index (χ0n) is 10.9. The highest BCUT2D eigenvalue weighted by Crippen LogP contribution is 2.17. The fraction of sp³-hybridized carbons (Fsp3) is 0.500. The molecule has 0 aromatic heterocycles. The van der Waals surface area contributed by atoms with E-state index in [0.29, 0.717) is 5.56 Å². The van der Waals surface area contributed by atoms with Crippen LogP contribution in [-0.2, 0) is 0 Å². The van der Waals surface area contributed by atoms with Crippen molar-refractivity contribution in [3.8, 4) is 6.07 Å². The van der Waals surface area contributed by atoms with Crippen molar-refractivity contribution >= 4 is 0 Å². The normalized spacial score (nSPS) is 15.1. The van der Waals surface area contributed by atoms with Gasteiger partial charge in [0.25, 0.3) is 0 Å². The van der Waals surface area contributed by atoms with Crippen molar-refractivity contribution in [3.63, 3.8) is 0 Å². The molecule has 0 radical (unpaired) electrons. The second-order valence-electron chi connectivity index (χ2n) is 5.00. The number of hydrogen-bond acceptors (Lipinski definition) is 3. The van der Waals surface area contributed by atoms with Gasteiger partial charge in [0.2, 0.25) is 0 Å². The minimum absolute atomic E-state index is 0.00635. The maximum Gasteiger partial charge on any atom is 0.0991 e. The maximum absolute atomic E-state index is 9.86. The summed E-state index contributed by atoms with van der Waals surface area (Å²) in [5.41, 5.74) is 1.03. The highest BCUT2D eigenvalue weighted by Gasteiger charge is 2.23. The Morgan fingerprint density at radius 2 is 1.76 bits per heavy atom. The molecule has 0 bridgehead atoms. The van der Waals surface area contributed by atoms with Gasteiger partial charge in [-0.25, -0.2) is 0 Å². The van der Waals surface area contributed by atoms with E-state index >= 15 is 0 Å². The molecule has 3 heteroatoms. The van der Waals surface area contributed by atoms with Gasteiger partial charge in [0.05, 0.1) is 17.2 Å². The number of rotatable bonds is 4. The van der Waals surface area contributed by atoms with Gasteiger partial charge >= 0.3 is 0 Å². The molecule has 0 amide bonds. The topological polar surface area (TPSA) is 56.0 Å². The van der Waals surface area contributed by atoms with Crippen LogP contribution in [0.25, 0.3) is 0 Å². The first-order valence-electron chi connectivity index (χ1n) is 5.83. The fourth-order valence-electron chi connectivity index (χ4n) is 1.52. The molecule has 1 aromatic carbocycles. The summed E-state index contributed by atoms with van der Waals surface area (Å²) in [5.74, 6) is 0. The first kappa shape index (κ1) is 13.7. The number of hydrogen-bond donors (Lipinski definition) is 2. The summed E-state index contributed by atoms with van der Waals surface area (Å²) in [6.45, 7) is 7.58. The number of nitriles is 1. The molecule has 1 aromatic rings. The molecule has 92 valence electrons. The third kappa shape index (κ3) is 3.85. The molecular weight excluding hydrogens is 212 g/mol. The lowest BCUT2D eigenvalue weighted by Gasteiger charge is -2.30. The Balaban J connectivity index is 2.70. The van der Waals surface area contributed by atoms with E-state index in [1.807, 2.05) is 38.1 Å². The zero-order valence-corrected chi connectivity index (χ0v) is 10.9. The van der Waals surface area contributed by atoms with Crippen molar-refractivity contribution < 1.29 is 5.11 Å². The van der Waals surface area contributed by atoms with E-state index in [-0.39, 0.29) is 12.1 Å². The van der Waals surface area contributed by atoms with Gasteiger partial charge in [0.15, 0.2) is 0 Å². The van der Waals surface area contributed by atoms with Gasteiger partial charge in [-0.1, -0.05) is 12.1 Å². The molecular formula is C14H20N2O. The molecule has 0 saturated heterocycles. The van der Waals surface area contributed by atoms with Gasteiger partial charge in [-0.05, 0) is 45.4 Å². The molecule has 0 saturated carbocycles. The van der Waals surface area contributed by atoms with Crippen molar-refractivity contribution in [2.45, 2.75) is 45.4 Å². The Labute approximate surface area is 103 Å². The Kier molecular flexibility index (Phi) is 4.28. The molecule has 2 atom stereocenters. The van der Waals surface area contributed by atoms with Crippen molar-refractivity contribution in [2.75, 3.05) is 0 Å². The average molecular weight is 232 g/mol. The van der Waals surface area contributed by atoms with E-state index in [2.05, 4.69) is 11.4 Å². The summed E-state index contributed by atoms with van der Waals surface area (Å²) >= 11 is 0. The molecule has 2 N–H and O–H groups in total. The van der Waals surface area contributed by atoms with Gasteiger partial charge < -0.3 is 10.4 Å². The SMILES string of the molecule is CC(NC(C)C(C)(C)O)c1ccc(C#N)cc1. The Morgan fingerprint density at radius 1 is 1.24 bits per heavy atom. The third-order valence-corrected chi connectivity index (χ3v) is 3.10. The second-order valence-corrected chi connectivity index (χ2v) is 5.00. The minimum Gasteiger partial charge on any atom is -0.389 e. The summed E-state index contributed by atoms with van der Waals surface area (Å²) in [4.78, 5) is 0. The summed E-state index contributed by atoms with van der Waals surface area (Å²) in [6, 6.07) is 9.73. The highest BCUT2D eigenvalue weighted by atomic mass is 16.3. The van der Waals surface area contributed by atoms with Crippen LogP contribution in [0, 0.1) is 11.3 Å². The van der Waals surface area contributed by atoms with Crippen LogP contribution in [0.1, 0.15) is 44.9 Å². The minimum atomic E-state index is -0.749. The van der Waals surface area contributed by atoms with E-state index in [4.69, 9.17) is 5.26 Å². The molecule has 0 aliphatic rings. The van der Waals surface area contributed by atoms with E-state index in [9.17, 15) is 5.11 Å². The molecule has 0 heterocycles.